The van der Waals surface area contributed by atoms with Crippen LogP contribution in [0.1, 0.15) is 37.9 Å². The molecule has 0 atom stereocenters. The molecule has 1 aromatic carbocycles. The highest BCUT2D eigenvalue weighted by Crippen LogP contribution is 2.11. The Balaban J connectivity index is 2.19. The number of benzene rings is 1. The lowest BCUT2D eigenvalue weighted by Crippen LogP contribution is -2.25. The molecular formula is C16H21N3O. The van der Waals surface area contributed by atoms with Gasteiger partial charge in [-0.1, -0.05) is 31.2 Å². The fraction of sp³-hybridized carbons (Fsp3) is 0.375. The number of rotatable bonds is 5. The van der Waals surface area contributed by atoms with E-state index in [0.29, 0.717) is 12.4 Å². The molecule has 4 nitrogen and oxygen atoms in total. The van der Waals surface area contributed by atoms with Crippen molar-refractivity contribution in [2.75, 3.05) is 5.32 Å². The maximum absolute atomic E-state index is 12.2. The monoisotopic (exact) mass is 271 g/mol. The summed E-state index contributed by atoms with van der Waals surface area (Å²) in [6.07, 6.45) is 4.37. The van der Waals surface area contributed by atoms with E-state index in [0.717, 1.165) is 6.42 Å². The zero-order chi connectivity index (χ0) is 14.5. The van der Waals surface area contributed by atoms with E-state index in [4.69, 9.17) is 0 Å². The first-order valence-corrected chi connectivity index (χ1v) is 7.01. The summed E-state index contributed by atoms with van der Waals surface area (Å²) in [5.74, 6) is 0.409. The van der Waals surface area contributed by atoms with Gasteiger partial charge < -0.3 is 9.88 Å². The number of hydrogen-bond donors (Lipinski definition) is 1. The maximum Gasteiger partial charge on any atom is 0.293 e. The Morgan fingerprint density at radius 1 is 1.25 bits per heavy atom. The lowest BCUT2D eigenvalue weighted by atomic mass is 10.1. The van der Waals surface area contributed by atoms with Crippen molar-refractivity contribution < 1.29 is 0 Å². The Labute approximate surface area is 119 Å². The number of hydrogen-bond acceptors (Lipinski definition) is 3. The summed E-state index contributed by atoms with van der Waals surface area (Å²) in [5.41, 5.74) is 2.42. The summed E-state index contributed by atoms with van der Waals surface area (Å²) in [6, 6.07) is 8.38. The van der Waals surface area contributed by atoms with Gasteiger partial charge >= 0.3 is 0 Å². The normalized spacial score (nSPS) is 10.8. The van der Waals surface area contributed by atoms with E-state index in [1.54, 1.807) is 17.0 Å². The highest BCUT2D eigenvalue weighted by atomic mass is 16.1. The van der Waals surface area contributed by atoms with Crippen LogP contribution < -0.4 is 10.9 Å². The highest BCUT2D eigenvalue weighted by molar-refractivity contribution is 5.35. The van der Waals surface area contributed by atoms with E-state index in [1.165, 1.54) is 11.1 Å². The molecule has 0 aliphatic carbocycles. The van der Waals surface area contributed by atoms with Crippen molar-refractivity contribution in [3.8, 4) is 0 Å². The fourth-order valence-corrected chi connectivity index (χ4v) is 2.21. The van der Waals surface area contributed by atoms with Gasteiger partial charge in [0.25, 0.3) is 5.56 Å². The zero-order valence-electron chi connectivity index (χ0n) is 12.3. The zero-order valence-corrected chi connectivity index (χ0v) is 12.3. The smallest absolute Gasteiger partial charge is 0.293 e. The minimum atomic E-state index is -0.0727. The van der Waals surface area contributed by atoms with Crippen LogP contribution in [0, 0.1) is 0 Å². The average Bonchev–Trinajstić information content (AvgIpc) is 2.46. The van der Waals surface area contributed by atoms with Crippen LogP contribution in [0.2, 0.25) is 0 Å². The molecule has 0 saturated carbocycles. The van der Waals surface area contributed by atoms with Gasteiger partial charge in [0.15, 0.2) is 5.82 Å². The first-order chi connectivity index (χ1) is 9.63. The summed E-state index contributed by atoms with van der Waals surface area (Å²) in [4.78, 5) is 16.4. The van der Waals surface area contributed by atoms with Gasteiger partial charge in [0.05, 0.1) is 0 Å². The topological polar surface area (TPSA) is 46.9 Å². The molecule has 1 aromatic heterocycles. The van der Waals surface area contributed by atoms with E-state index in [-0.39, 0.29) is 11.6 Å². The molecule has 2 rings (SSSR count). The van der Waals surface area contributed by atoms with Crippen molar-refractivity contribution >= 4 is 5.82 Å². The molecule has 0 aliphatic heterocycles. The molecule has 2 aromatic rings. The second-order valence-electron chi connectivity index (χ2n) is 5.06. The second-order valence-corrected chi connectivity index (χ2v) is 5.06. The van der Waals surface area contributed by atoms with Crippen LogP contribution in [0.25, 0.3) is 0 Å². The van der Waals surface area contributed by atoms with Gasteiger partial charge in [-0.25, -0.2) is 4.98 Å². The van der Waals surface area contributed by atoms with Crippen LogP contribution in [0.5, 0.6) is 0 Å². The molecule has 1 heterocycles. The quantitative estimate of drug-likeness (QED) is 0.909. The Kier molecular flexibility index (Phi) is 4.56. The Bertz CT molecular complexity index is 632. The van der Waals surface area contributed by atoms with Gasteiger partial charge in [-0.2, -0.15) is 0 Å². The molecule has 0 unspecified atom stereocenters. The molecule has 0 saturated heterocycles. The predicted molar refractivity (Wildman–Crippen MR) is 82.0 cm³/mol. The predicted octanol–water partition coefficient (Wildman–Crippen LogP) is 3.00. The second kappa shape index (κ2) is 6.37. The summed E-state index contributed by atoms with van der Waals surface area (Å²) in [5, 5.41) is 3.15. The molecule has 0 radical (unpaired) electrons. The van der Waals surface area contributed by atoms with Crippen LogP contribution in [0.15, 0.2) is 41.5 Å². The lowest BCUT2D eigenvalue weighted by Gasteiger charge is -2.12. The molecule has 0 aliphatic rings. The van der Waals surface area contributed by atoms with Crippen LogP contribution in [0.3, 0.4) is 0 Å². The number of nitrogens with one attached hydrogen (secondary N) is 1. The fourth-order valence-electron chi connectivity index (χ4n) is 2.21. The van der Waals surface area contributed by atoms with Crippen molar-refractivity contribution in [1.29, 1.82) is 0 Å². The van der Waals surface area contributed by atoms with Gasteiger partial charge in [-0.3, -0.25) is 4.79 Å². The molecule has 4 heteroatoms. The third kappa shape index (κ3) is 3.07. The van der Waals surface area contributed by atoms with E-state index < -0.39 is 0 Å². The molecule has 20 heavy (non-hydrogen) atoms. The highest BCUT2D eigenvalue weighted by Gasteiger charge is 2.07. The van der Waals surface area contributed by atoms with Crippen molar-refractivity contribution in [2.45, 2.75) is 39.8 Å². The van der Waals surface area contributed by atoms with Crippen molar-refractivity contribution in [3.63, 3.8) is 0 Å². The van der Waals surface area contributed by atoms with Crippen molar-refractivity contribution in [2.24, 2.45) is 0 Å². The van der Waals surface area contributed by atoms with E-state index >= 15 is 0 Å². The largest absolute Gasteiger partial charge is 0.361 e. The molecule has 0 spiro atoms. The van der Waals surface area contributed by atoms with Crippen molar-refractivity contribution in [3.05, 3.63) is 58.1 Å². The number of aromatic nitrogens is 2. The first-order valence-electron chi connectivity index (χ1n) is 7.01. The molecule has 0 amide bonds. The number of aryl methyl sites for hydroxylation is 1. The summed E-state index contributed by atoms with van der Waals surface area (Å²) < 4.78 is 1.68. The Morgan fingerprint density at radius 3 is 2.60 bits per heavy atom. The van der Waals surface area contributed by atoms with Crippen LogP contribution in [-0.4, -0.2) is 9.55 Å². The summed E-state index contributed by atoms with van der Waals surface area (Å²) in [7, 11) is 0. The van der Waals surface area contributed by atoms with Gasteiger partial charge in [0.2, 0.25) is 0 Å². The minimum absolute atomic E-state index is 0.0727. The van der Waals surface area contributed by atoms with Crippen LogP contribution in [-0.2, 0) is 13.0 Å². The SMILES string of the molecule is CCc1ccccc1CNc1nccn(C(C)C)c1=O. The minimum Gasteiger partial charge on any atom is -0.361 e. The molecule has 106 valence electrons. The molecule has 0 bridgehead atoms. The van der Waals surface area contributed by atoms with Gasteiger partial charge in [-0.05, 0) is 31.4 Å². The lowest BCUT2D eigenvalue weighted by molar-refractivity contribution is 0.575. The van der Waals surface area contributed by atoms with Crippen molar-refractivity contribution in [1.82, 2.24) is 9.55 Å². The van der Waals surface area contributed by atoms with Gasteiger partial charge in [0, 0.05) is 25.0 Å². The summed E-state index contributed by atoms with van der Waals surface area (Å²) in [6.45, 7) is 6.72. The molecule has 1 N–H and O–H groups in total. The van der Waals surface area contributed by atoms with Crippen LogP contribution >= 0.6 is 0 Å². The standard InChI is InChI=1S/C16H21N3O/c1-4-13-7-5-6-8-14(13)11-18-15-16(20)19(12(2)3)10-9-17-15/h5-10,12H,4,11H2,1-3H3,(H,17,18). The third-order valence-corrected chi connectivity index (χ3v) is 3.37. The van der Waals surface area contributed by atoms with E-state index in [9.17, 15) is 4.79 Å². The molecular weight excluding hydrogens is 250 g/mol. The first kappa shape index (κ1) is 14.3. The van der Waals surface area contributed by atoms with Crippen LogP contribution in [0.4, 0.5) is 5.82 Å². The maximum atomic E-state index is 12.2. The third-order valence-electron chi connectivity index (χ3n) is 3.37. The van der Waals surface area contributed by atoms with E-state index in [2.05, 4.69) is 29.4 Å². The number of anilines is 1. The Morgan fingerprint density at radius 2 is 1.95 bits per heavy atom. The summed E-state index contributed by atoms with van der Waals surface area (Å²) >= 11 is 0. The van der Waals surface area contributed by atoms with E-state index in [1.807, 2.05) is 26.0 Å². The van der Waals surface area contributed by atoms with Gasteiger partial charge in [-0.15, -0.1) is 0 Å². The average molecular weight is 271 g/mol. The number of nitrogens with zero attached hydrogens (tertiary/aromatic N) is 2. The molecule has 0 fully saturated rings. The Hall–Kier alpha value is -2.10. The van der Waals surface area contributed by atoms with Gasteiger partial charge in [0.1, 0.15) is 0 Å².